The third kappa shape index (κ3) is 13.6. The van der Waals surface area contributed by atoms with E-state index in [-0.39, 0.29) is 0 Å². The minimum atomic E-state index is -4.64. The third-order valence-electron chi connectivity index (χ3n) is 1.04. The van der Waals surface area contributed by atoms with Gasteiger partial charge in [-0.3, -0.25) is 4.79 Å². The molecule has 0 aliphatic rings. The fourth-order valence-corrected chi connectivity index (χ4v) is 0.408. The molecule has 0 amide bonds. The van der Waals surface area contributed by atoms with E-state index in [1.165, 1.54) is 0 Å². The second kappa shape index (κ2) is 7.85. The molecule has 0 saturated carbocycles. The van der Waals surface area contributed by atoms with Crippen LogP contribution < -0.4 is 0 Å². The molecule has 0 rings (SSSR count). The van der Waals surface area contributed by atoms with E-state index in [9.17, 15) is 4.79 Å². The van der Waals surface area contributed by atoms with Crippen molar-refractivity contribution in [1.29, 1.82) is 0 Å². The van der Waals surface area contributed by atoms with Gasteiger partial charge in [0.05, 0.1) is 6.61 Å². The van der Waals surface area contributed by atoms with Crippen LogP contribution in [-0.4, -0.2) is 66.3 Å². The summed E-state index contributed by atoms with van der Waals surface area (Å²) in [6.45, 7) is -1.54. The van der Waals surface area contributed by atoms with Gasteiger partial charge < -0.3 is 35.1 Å². The predicted molar refractivity (Wildman–Crippen MR) is 45.5 cm³/mol. The van der Waals surface area contributed by atoms with Crippen LogP contribution in [0.1, 0.15) is 0 Å². The van der Waals surface area contributed by atoms with Crippen LogP contribution in [0, 0.1) is 0 Å². The third-order valence-corrected chi connectivity index (χ3v) is 1.04. The van der Waals surface area contributed by atoms with Crippen molar-refractivity contribution in [2.75, 3.05) is 13.2 Å². The lowest BCUT2D eigenvalue weighted by Gasteiger charge is -2.11. The molecule has 0 fully saturated rings. The van der Waals surface area contributed by atoms with Crippen LogP contribution in [0.2, 0.25) is 0 Å². The van der Waals surface area contributed by atoms with Crippen molar-refractivity contribution in [2.45, 2.75) is 12.2 Å². The number of carbonyl (C=O) groups excluding carboxylic acids is 1. The topological polar surface area (TPSA) is 176 Å². The van der Waals surface area contributed by atoms with Gasteiger partial charge in [-0.25, -0.2) is 4.57 Å². The summed E-state index contributed by atoms with van der Waals surface area (Å²) in [5.74, 6) is -0.901. The van der Waals surface area contributed by atoms with Crippen LogP contribution in [0.15, 0.2) is 0 Å². The quantitative estimate of drug-likeness (QED) is 0.247. The molecule has 0 aliphatic heterocycles. The number of aliphatic hydroxyl groups is 4. The van der Waals surface area contributed by atoms with Gasteiger partial charge in [-0.2, -0.15) is 0 Å². The number of Topliss-reactive ketones (excluding diaryl/α,β-unsaturated/α-hetero) is 1. The Kier molecular flexibility index (Phi) is 8.92. The molecule has 0 bridgehead atoms. The highest BCUT2D eigenvalue weighted by molar-refractivity contribution is 7.45. The summed E-state index contributed by atoms with van der Waals surface area (Å²) < 4.78 is 8.88. The molecule has 9 nitrogen and oxygen atoms in total. The number of hydrogen-bond donors (Lipinski definition) is 7. The van der Waals surface area contributed by atoms with E-state index >= 15 is 0 Å². The lowest BCUT2D eigenvalue weighted by Crippen LogP contribution is -2.37. The molecule has 10 heteroatoms. The fourth-order valence-electron chi connectivity index (χ4n) is 0.408. The van der Waals surface area contributed by atoms with Crippen molar-refractivity contribution in [1.82, 2.24) is 0 Å². The van der Waals surface area contributed by atoms with Crippen molar-refractivity contribution in [3.8, 4) is 0 Å². The summed E-state index contributed by atoms with van der Waals surface area (Å²) in [5.41, 5.74) is 0. The van der Waals surface area contributed by atoms with Gasteiger partial charge >= 0.3 is 7.82 Å². The van der Waals surface area contributed by atoms with E-state index in [0.717, 1.165) is 0 Å². The zero-order chi connectivity index (χ0) is 12.6. The molecule has 0 aromatic heterocycles. The van der Waals surface area contributed by atoms with E-state index in [0.29, 0.717) is 0 Å². The highest BCUT2D eigenvalue weighted by Crippen LogP contribution is 2.25. The molecule has 0 aromatic carbocycles. The number of carbonyl (C=O) groups is 1. The molecular weight excluding hydrogens is 235 g/mol. The Hall–Kier alpha value is -0.380. The van der Waals surface area contributed by atoms with Crippen LogP contribution in [0.4, 0.5) is 0 Å². The van der Waals surface area contributed by atoms with Crippen LogP contribution in [0.25, 0.3) is 0 Å². The maximum atomic E-state index is 10.3. The molecule has 2 atom stereocenters. The highest BCUT2D eigenvalue weighted by Gasteiger charge is 2.21. The average Bonchev–Trinajstić information content (AvgIpc) is 2.11. The predicted octanol–water partition coefficient (Wildman–Crippen LogP) is -3.67. The van der Waals surface area contributed by atoms with E-state index < -0.39 is 39.0 Å². The van der Waals surface area contributed by atoms with Crippen molar-refractivity contribution in [3.05, 3.63) is 0 Å². The summed E-state index contributed by atoms with van der Waals surface area (Å²) in [5, 5.41) is 33.6. The Labute approximate surface area is 84.5 Å². The molecular formula is C5H13O9P. The smallest absolute Gasteiger partial charge is 0.394 e. The summed E-state index contributed by atoms with van der Waals surface area (Å²) in [7, 11) is -4.64. The Bertz CT molecular complexity index is 214. The highest BCUT2D eigenvalue weighted by atomic mass is 31.2. The first-order valence-electron chi connectivity index (χ1n) is 3.52. The maximum Gasteiger partial charge on any atom is 0.466 e. The molecule has 0 heterocycles. The fraction of sp³-hybridized carbons (Fsp3) is 0.800. The standard InChI is InChI=1S/C5H10O5.H3O4P/c6-1-3(8)5(10)4(9)2-7;1-5(2,3)4/h3,5-8,10H,1-2H2;(H3,1,2,3,4)/t3-,5-;/m1./s1. The zero-order valence-corrected chi connectivity index (χ0v) is 8.36. The lowest BCUT2D eigenvalue weighted by molar-refractivity contribution is -0.137. The van der Waals surface area contributed by atoms with Gasteiger partial charge in [0.25, 0.3) is 0 Å². The minimum absolute atomic E-state index is 0.701. The van der Waals surface area contributed by atoms with Gasteiger partial charge in [-0.1, -0.05) is 0 Å². The van der Waals surface area contributed by atoms with Crippen molar-refractivity contribution in [2.24, 2.45) is 0 Å². The molecule has 0 unspecified atom stereocenters. The van der Waals surface area contributed by atoms with Gasteiger partial charge in [0, 0.05) is 0 Å². The molecule has 0 spiro atoms. The van der Waals surface area contributed by atoms with Crippen LogP contribution in [0.3, 0.4) is 0 Å². The van der Waals surface area contributed by atoms with Gasteiger partial charge in [-0.15, -0.1) is 0 Å². The van der Waals surface area contributed by atoms with E-state index in [4.69, 9.17) is 39.7 Å². The second-order valence-electron chi connectivity index (χ2n) is 2.33. The average molecular weight is 248 g/mol. The number of aliphatic hydroxyl groups excluding tert-OH is 4. The Balaban J connectivity index is 0. The Morgan fingerprint density at radius 3 is 1.67 bits per heavy atom. The molecule has 15 heavy (non-hydrogen) atoms. The van der Waals surface area contributed by atoms with Gasteiger partial charge in [0.15, 0.2) is 5.78 Å². The van der Waals surface area contributed by atoms with Crippen LogP contribution >= 0.6 is 7.82 Å². The van der Waals surface area contributed by atoms with Crippen LogP contribution in [-0.2, 0) is 9.36 Å². The van der Waals surface area contributed by atoms with Gasteiger partial charge in [0.2, 0.25) is 0 Å². The molecule has 7 N–H and O–H groups in total. The first kappa shape index (κ1) is 17.0. The van der Waals surface area contributed by atoms with Gasteiger partial charge in [0.1, 0.15) is 18.8 Å². The normalized spacial score (nSPS) is 14.9. The van der Waals surface area contributed by atoms with E-state index in [1.807, 2.05) is 0 Å². The first-order chi connectivity index (χ1) is 6.63. The summed E-state index contributed by atoms with van der Waals surface area (Å²) in [6, 6.07) is 0. The molecule has 0 saturated heterocycles. The first-order valence-corrected chi connectivity index (χ1v) is 5.08. The van der Waals surface area contributed by atoms with E-state index in [1.54, 1.807) is 0 Å². The van der Waals surface area contributed by atoms with Crippen LogP contribution in [0.5, 0.6) is 0 Å². The number of ketones is 1. The zero-order valence-electron chi connectivity index (χ0n) is 7.46. The lowest BCUT2D eigenvalue weighted by atomic mass is 10.1. The molecule has 0 aromatic rings. The summed E-state index contributed by atoms with van der Waals surface area (Å²) >= 11 is 0. The SMILES string of the molecule is O=C(CO)[C@H](O)[C@H](O)CO.O=P(O)(O)O. The molecule has 0 radical (unpaired) electrons. The maximum absolute atomic E-state index is 10.3. The van der Waals surface area contributed by atoms with Gasteiger partial charge in [-0.05, 0) is 0 Å². The second-order valence-corrected chi connectivity index (χ2v) is 3.36. The monoisotopic (exact) mass is 248 g/mol. The van der Waals surface area contributed by atoms with Crippen molar-refractivity contribution < 1.29 is 44.5 Å². The number of rotatable bonds is 4. The summed E-state index contributed by atoms with van der Waals surface area (Å²) in [6.07, 6.45) is -3.19. The van der Waals surface area contributed by atoms with E-state index in [2.05, 4.69) is 0 Å². The Morgan fingerprint density at radius 1 is 1.13 bits per heavy atom. The van der Waals surface area contributed by atoms with Crippen molar-refractivity contribution >= 4 is 13.6 Å². The minimum Gasteiger partial charge on any atom is -0.394 e. The summed E-state index contributed by atoms with van der Waals surface area (Å²) in [4.78, 5) is 31.9. The number of phosphoric acid groups is 1. The Morgan fingerprint density at radius 2 is 1.47 bits per heavy atom. The van der Waals surface area contributed by atoms with Crippen molar-refractivity contribution in [3.63, 3.8) is 0 Å². The molecule has 92 valence electrons. The molecule has 0 aliphatic carbocycles. The largest absolute Gasteiger partial charge is 0.466 e. The number of hydrogen-bond acceptors (Lipinski definition) is 6.